The fraction of sp³-hybridized carbons (Fsp3) is 0.553. The maximum absolute atomic E-state index is 13.1. The predicted molar refractivity (Wildman–Crippen MR) is 187 cm³/mol. The monoisotopic (exact) mass is 633 g/mol. The van der Waals surface area contributed by atoms with Gasteiger partial charge in [-0.05, 0) is 104 Å². The molecule has 4 aliphatic rings. The molecule has 2 atom stereocenters. The highest BCUT2D eigenvalue weighted by Crippen LogP contribution is 2.50. The summed E-state index contributed by atoms with van der Waals surface area (Å²) in [6.07, 6.45) is 9.19. The molecule has 1 saturated heterocycles. The van der Waals surface area contributed by atoms with Gasteiger partial charge in [0.1, 0.15) is 12.6 Å². The Morgan fingerprint density at radius 3 is 2.28 bits per heavy atom. The van der Waals surface area contributed by atoms with Gasteiger partial charge in [0.15, 0.2) is 0 Å². The maximum Gasteiger partial charge on any atom is 0.241 e. The first-order valence-corrected chi connectivity index (χ1v) is 16.4. The smallest absolute Gasteiger partial charge is 0.241 e. The van der Waals surface area contributed by atoms with Crippen LogP contribution in [0.3, 0.4) is 0 Å². The van der Waals surface area contributed by atoms with E-state index >= 15 is 0 Å². The van der Waals surface area contributed by atoms with Crippen molar-refractivity contribution in [1.82, 2.24) is 4.90 Å². The summed E-state index contributed by atoms with van der Waals surface area (Å²) in [6, 6.07) is 12.5. The molecule has 1 N–H and O–H groups in total. The SMILES string of the molecule is C.C/C(=C(\Nc1ccc2c(c1)CCN2C(=O)CN1CCOCC1)C1CC2CCCC2C1)c1ccc(C=O)cc1C.CC=O.COC. The van der Waals surface area contributed by atoms with Crippen molar-refractivity contribution in [3.63, 3.8) is 0 Å². The molecule has 2 aliphatic carbocycles. The van der Waals surface area contributed by atoms with E-state index in [9.17, 15) is 9.59 Å². The van der Waals surface area contributed by atoms with Crippen LogP contribution in [0.1, 0.15) is 80.4 Å². The highest BCUT2D eigenvalue weighted by molar-refractivity contribution is 5.97. The number of rotatable bonds is 7. The van der Waals surface area contributed by atoms with Crippen LogP contribution in [-0.2, 0) is 25.5 Å². The van der Waals surface area contributed by atoms with E-state index in [1.807, 2.05) is 17.0 Å². The number of amides is 1. The molecule has 1 amide bonds. The highest BCUT2D eigenvalue weighted by Gasteiger charge is 2.39. The van der Waals surface area contributed by atoms with Crippen LogP contribution in [0.15, 0.2) is 42.1 Å². The second-order valence-electron chi connectivity index (χ2n) is 12.6. The molecule has 6 rings (SSSR count). The van der Waals surface area contributed by atoms with Gasteiger partial charge in [0.25, 0.3) is 0 Å². The number of hydrogen-bond acceptors (Lipinski definition) is 7. The third kappa shape index (κ3) is 9.14. The molecule has 252 valence electrons. The fourth-order valence-corrected chi connectivity index (χ4v) is 7.56. The van der Waals surface area contributed by atoms with Crippen LogP contribution in [0.2, 0.25) is 0 Å². The van der Waals surface area contributed by atoms with Crippen LogP contribution >= 0.6 is 0 Å². The van der Waals surface area contributed by atoms with Gasteiger partial charge in [0.05, 0.1) is 19.8 Å². The number of anilines is 2. The summed E-state index contributed by atoms with van der Waals surface area (Å²) in [7, 11) is 3.25. The lowest BCUT2D eigenvalue weighted by Crippen LogP contribution is -2.44. The van der Waals surface area contributed by atoms with Crippen molar-refractivity contribution in [2.75, 3.05) is 63.8 Å². The molecular formula is C38H55N3O5. The average Bonchev–Trinajstić information content (AvgIpc) is 3.76. The molecule has 2 aromatic rings. The number of methoxy groups -OCH3 is 1. The maximum atomic E-state index is 13.1. The molecule has 2 aromatic carbocycles. The number of fused-ring (bicyclic) bond motifs is 2. The summed E-state index contributed by atoms with van der Waals surface area (Å²) < 4.78 is 9.69. The molecule has 0 radical (unpaired) electrons. The van der Waals surface area contributed by atoms with Crippen molar-refractivity contribution < 1.29 is 23.9 Å². The summed E-state index contributed by atoms with van der Waals surface area (Å²) in [5, 5.41) is 3.89. The Bertz CT molecular complexity index is 1340. The molecule has 0 bridgehead atoms. The summed E-state index contributed by atoms with van der Waals surface area (Å²) in [6.45, 7) is 10.0. The Morgan fingerprint density at radius 1 is 1.02 bits per heavy atom. The Labute approximate surface area is 276 Å². The first-order chi connectivity index (χ1) is 21.8. The summed E-state index contributed by atoms with van der Waals surface area (Å²) in [5.74, 6) is 2.40. The number of aldehydes is 2. The zero-order chi connectivity index (χ0) is 32.3. The molecule has 2 aliphatic heterocycles. The Hall–Kier alpha value is -3.33. The van der Waals surface area contributed by atoms with E-state index in [-0.39, 0.29) is 13.3 Å². The Morgan fingerprint density at radius 2 is 1.67 bits per heavy atom. The fourth-order valence-electron chi connectivity index (χ4n) is 7.56. The van der Waals surface area contributed by atoms with Gasteiger partial charge in [-0.3, -0.25) is 14.5 Å². The molecule has 8 nitrogen and oxygen atoms in total. The van der Waals surface area contributed by atoms with E-state index in [1.165, 1.54) is 61.4 Å². The van der Waals surface area contributed by atoms with Gasteiger partial charge in [0, 0.05) is 56.5 Å². The zero-order valence-corrected chi connectivity index (χ0v) is 27.8. The number of morpholine rings is 1. The van der Waals surface area contributed by atoms with Crippen molar-refractivity contribution in [2.45, 2.75) is 66.7 Å². The van der Waals surface area contributed by atoms with Crippen molar-refractivity contribution in [1.29, 1.82) is 0 Å². The van der Waals surface area contributed by atoms with Crippen LogP contribution < -0.4 is 10.2 Å². The van der Waals surface area contributed by atoms with Gasteiger partial charge in [0.2, 0.25) is 5.91 Å². The summed E-state index contributed by atoms with van der Waals surface area (Å²) in [5.41, 5.74) is 9.06. The second-order valence-corrected chi connectivity index (χ2v) is 12.6. The zero-order valence-electron chi connectivity index (χ0n) is 27.8. The Balaban J connectivity index is 0.000000765. The third-order valence-corrected chi connectivity index (χ3v) is 9.61. The predicted octanol–water partition coefficient (Wildman–Crippen LogP) is 6.80. The van der Waals surface area contributed by atoms with Gasteiger partial charge >= 0.3 is 0 Å². The lowest BCUT2D eigenvalue weighted by Gasteiger charge is -2.28. The van der Waals surface area contributed by atoms with Crippen molar-refractivity contribution in [2.24, 2.45) is 17.8 Å². The van der Waals surface area contributed by atoms with E-state index in [4.69, 9.17) is 9.53 Å². The first-order valence-electron chi connectivity index (χ1n) is 16.4. The molecule has 2 unspecified atom stereocenters. The van der Waals surface area contributed by atoms with Gasteiger partial charge in [-0.25, -0.2) is 0 Å². The van der Waals surface area contributed by atoms with E-state index in [0.29, 0.717) is 25.7 Å². The van der Waals surface area contributed by atoms with Crippen LogP contribution in [0.4, 0.5) is 11.4 Å². The number of hydrogen-bond donors (Lipinski definition) is 1. The molecule has 8 heteroatoms. The minimum Gasteiger partial charge on any atom is -0.388 e. The van der Waals surface area contributed by atoms with Gasteiger partial charge in [-0.1, -0.05) is 38.8 Å². The average molecular weight is 634 g/mol. The topological polar surface area (TPSA) is 88.2 Å². The minimum absolute atomic E-state index is 0. The van der Waals surface area contributed by atoms with E-state index < -0.39 is 0 Å². The van der Waals surface area contributed by atoms with E-state index in [1.54, 1.807) is 14.2 Å². The lowest BCUT2D eigenvalue weighted by molar-refractivity contribution is -0.120. The van der Waals surface area contributed by atoms with Crippen LogP contribution in [0.5, 0.6) is 0 Å². The van der Waals surface area contributed by atoms with E-state index in [2.05, 4.69) is 53.1 Å². The molecule has 2 saturated carbocycles. The molecule has 46 heavy (non-hydrogen) atoms. The van der Waals surface area contributed by atoms with Crippen molar-refractivity contribution in [3.8, 4) is 0 Å². The first kappa shape index (κ1) is 37.1. The van der Waals surface area contributed by atoms with Crippen LogP contribution in [-0.4, -0.2) is 77.0 Å². The quantitative estimate of drug-likeness (QED) is 0.336. The molecule has 0 spiro atoms. The standard InChI is InChI=1S/C33H41N3O3.C2H6O.C2H4O.CH4/c1-22-16-24(21-37)6-8-30(22)23(2)33(28-17-25-4-3-5-26(25)18-28)34-29-7-9-31-27(19-29)10-11-36(31)32(38)20-35-12-14-39-15-13-35;1-3-2;1-2-3;/h6-9,16,19,21,25-26,28,34H,3-5,10-15,17-18,20H2,1-2H3;1-2H3;2H,1H3;1H4/b33-23+;;;. The normalized spacial score (nSPS) is 22.1. The van der Waals surface area contributed by atoms with Crippen molar-refractivity contribution >= 4 is 35.4 Å². The highest BCUT2D eigenvalue weighted by atomic mass is 16.5. The van der Waals surface area contributed by atoms with Crippen LogP contribution in [0.25, 0.3) is 5.57 Å². The molecule has 3 fully saturated rings. The van der Waals surface area contributed by atoms with Crippen LogP contribution in [0, 0.1) is 24.7 Å². The lowest BCUT2D eigenvalue weighted by atomic mass is 9.90. The number of benzene rings is 2. The van der Waals surface area contributed by atoms with Gasteiger partial charge < -0.3 is 24.5 Å². The number of nitrogens with zero attached hydrogens (tertiary/aromatic N) is 2. The molecular weight excluding hydrogens is 578 g/mol. The Kier molecular flexibility index (Phi) is 14.6. The number of nitrogens with one attached hydrogen (secondary N) is 1. The summed E-state index contributed by atoms with van der Waals surface area (Å²) in [4.78, 5) is 37.4. The largest absolute Gasteiger partial charge is 0.388 e. The number of ether oxygens (including phenoxy) is 2. The van der Waals surface area contributed by atoms with Crippen molar-refractivity contribution in [3.05, 3.63) is 64.3 Å². The van der Waals surface area contributed by atoms with E-state index in [0.717, 1.165) is 73.0 Å². The van der Waals surface area contributed by atoms with Gasteiger partial charge in [-0.15, -0.1) is 0 Å². The summed E-state index contributed by atoms with van der Waals surface area (Å²) >= 11 is 0. The number of allylic oxidation sites excluding steroid dienone is 2. The number of aryl methyl sites for hydroxylation is 1. The molecule has 0 aromatic heterocycles. The number of carbonyl (C=O) groups excluding carboxylic acids is 3. The minimum atomic E-state index is 0. The van der Waals surface area contributed by atoms with Gasteiger partial charge in [-0.2, -0.15) is 0 Å². The molecule has 2 heterocycles. The second kappa shape index (κ2) is 18.1. The number of carbonyl (C=O) groups is 3. The third-order valence-electron chi connectivity index (χ3n) is 9.61.